The third kappa shape index (κ3) is 3.12. The lowest BCUT2D eigenvalue weighted by Gasteiger charge is -2.27. The Bertz CT molecular complexity index is 857. The van der Waals surface area contributed by atoms with Gasteiger partial charge in [0.05, 0.1) is 17.6 Å². The predicted octanol–water partition coefficient (Wildman–Crippen LogP) is -2.13. The first-order chi connectivity index (χ1) is 11.2. The van der Waals surface area contributed by atoms with Crippen LogP contribution in [0.4, 0.5) is 0 Å². The second-order valence-corrected chi connectivity index (χ2v) is 5.73. The van der Waals surface area contributed by atoms with E-state index in [2.05, 4.69) is 4.98 Å². The van der Waals surface area contributed by atoms with Crippen molar-refractivity contribution in [1.82, 2.24) is 9.55 Å². The smallest absolute Gasteiger partial charge is 0.318 e. The Labute approximate surface area is 136 Å². The first kappa shape index (κ1) is 18.3. The Kier molecular flexibility index (Phi) is 5.21. The molecule has 1 aromatic heterocycles. The van der Waals surface area contributed by atoms with Crippen molar-refractivity contribution >= 4 is 11.0 Å². The molecule has 0 spiro atoms. The zero-order chi connectivity index (χ0) is 18.2. The number of hydrogen-bond acceptors (Lipinski definition) is 7. The van der Waals surface area contributed by atoms with Crippen LogP contribution < -0.4 is 11.1 Å². The van der Waals surface area contributed by atoms with E-state index in [0.717, 1.165) is 11.1 Å². The van der Waals surface area contributed by atoms with E-state index in [4.69, 9.17) is 5.11 Å². The lowest BCUT2D eigenvalue weighted by molar-refractivity contribution is -0.134. The number of aryl methyl sites for hydroxylation is 2. The lowest BCUT2D eigenvalue weighted by Crippen LogP contribution is -2.48. The normalized spacial score (nSPS) is 16.8. The molecule has 0 aliphatic heterocycles. The molecule has 2 rings (SSSR count). The third-order valence-corrected chi connectivity index (χ3v) is 4.03. The summed E-state index contributed by atoms with van der Waals surface area (Å²) in [5.41, 5.74) is -0.0854. The van der Waals surface area contributed by atoms with Crippen molar-refractivity contribution < 1.29 is 25.5 Å². The van der Waals surface area contributed by atoms with Gasteiger partial charge in [0.25, 0.3) is 0 Å². The van der Waals surface area contributed by atoms with Crippen LogP contribution in [0, 0.1) is 13.8 Å². The van der Waals surface area contributed by atoms with Gasteiger partial charge in [-0.05, 0) is 37.1 Å². The van der Waals surface area contributed by atoms with Gasteiger partial charge in [0, 0.05) is 0 Å². The molecule has 132 valence electrons. The summed E-state index contributed by atoms with van der Waals surface area (Å²) in [7, 11) is 0. The van der Waals surface area contributed by atoms with Crippen LogP contribution in [0.25, 0.3) is 11.0 Å². The van der Waals surface area contributed by atoms with E-state index < -0.39 is 42.3 Å². The van der Waals surface area contributed by atoms with Gasteiger partial charge < -0.3 is 30.5 Å². The van der Waals surface area contributed by atoms with Crippen LogP contribution in [0.15, 0.2) is 21.7 Å². The first-order valence-electron chi connectivity index (χ1n) is 7.28. The fraction of sp³-hybridized carbons (Fsp3) is 0.467. The summed E-state index contributed by atoms with van der Waals surface area (Å²) in [4.78, 5) is 26.3. The fourth-order valence-electron chi connectivity index (χ4n) is 2.42. The molecule has 0 unspecified atom stereocenters. The third-order valence-electron chi connectivity index (χ3n) is 4.03. The van der Waals surface area contributed by atoms with Gasteiger partial charge in [-0.1, -0.05) is 0 Å². The van der Waals surface area contributed by atoms with E-state index >= 15 is 0 Å². The van der Waals surface area contributed by atoms with E-state index in [-0.39, 0.29) is 11.0 Å². The predicted molar refractivity (Wildman–Crippen MR) is 84.7 cm³/mol. The molecule has 4 atom stereocenters. The van der Waals surface area contributed by atoms with Gasteiger partial charge in [-0.25, -0.2) is 0 Å². The molecule has 1 heterocycles. The Morgan fingerprint density at radius 1 is 1.04 bits per heavy atom. The van der Waals surface area contributed by atoms with Crippen LogP contribution in [-0.2, 0) is 0 Å². The molecule has 0 aliphatic rings. The summed E-state index contributed by atoms with van der Waals surface area (Å²) in [6.07, 6.45) is -7.64. The van der Waals surface area contributed by atoms with Crippen molar-refractivity contribution in [3.63, 3.8) is 0 Å². The second kappa shape index (κ2) is 6.83. The first-order valence-corrected chi connectivity index (χ1v) is 7.28. The van der Waals surface area contributed by atoms with Gasteiger partial charge in [0.15, 0.2) is 6.23 Å². The van der Waals surface area contributed by atoms with Gasteiger partial charge in [0.2, 0.25) is 0 Å². The number of hydrogen-bond donors (Lipinski definition) is 6. The molecule has 9 nitrogen and oxygen atoms in total. The van der Waals surface area contributed by atoms with Gasteiger partial charge in [-0.15, -0.1) is 0 Å². The molecule has 0 saturated heterocycles. The molecule has 1 aromatic carbocycles. The summed E-state index contributed by atoms with van der Waals surface area (Å²) >= 11 is 0. The van der Waals surface area contributed by atoms with Gasteiger partial charge in [0.1, 0.15) is 18.3 Å². The van der Waals surface area contributed by atoms with Crippen molar-refractivity contribution in [3.8, 4) is 0 Å². The van der Waals surface area contributed by atoms with Crippen molar-refractivity contribution in [2.24, 2.45) is 0 Å². The highest BCUT2D eigenvalue weighted by molar-refractivity contribution is 5.76. The fourth-order valence-corrected chi connectivity index (χ4v) is 2.42. The molecule has 0 radical (unpaired) electrons. The van der Waals surface area contributed by atoms with Crippen LogP contribution in [0.2, 0.25) is 0 Å². The Hall–Kier alpha value is -2.04. The Balaban J connectivity index is 2.66. The summed E-state index contributed by atoms with van der Waals surface area (Å²) < 4.78 is 0.651. The number of aromatic amines is 1. The van der Waals surface area contributed by atoms with Crippen LogP contribution in [0.3, 0.4) is 0 Å². The molecule has 0 aliphatic carbocycles. The molecule has 24 heavy (non-hydrogen) atoms. The summed E-state index contributed by atoms with van der Waals surface area (Å²) in [6.45, 7) is 2.71. The van der Waals surface area contributed by atoms with Gasteiger partial charge in [-0.3, -0.25) is 14.2 Å². The largest absolute Gasteiger partial charge is 0.394 e. The van der Waals surface area contributed by atoms with Crippen molar-refractivity contribution in [1.29, 1.82) is 0 Å². The van der Waals surface area contributed by atoms with Gasteiger partial charge in [-0.2, -0.15) is 0 Å². The number of aliphatic hydroxyl groups is 5. The minimum Gasteiger partial charge on any atom is -0.394 e. The molecule has 9 heteroatoms. The van der Waals surface area contributed by atoms with Crippen LogP contribution >= 0.6 is 0 Å². The highest BCUT2D eigenvalue weighted by Crippen LogP contribution is 2.20. The molecular weight excluding hydrogens is 320 g/mol. The zero-order valence-corrected chi connectivity index (χ0v) is 13.2. The maximum Gasteiger partial charge on any atom is 0.318 e. The van der Waals surface area contributed by atoms with Crippen molar-refractivity contribution in [3.05, 3.63) is 44.0 Å². The molecule has 0 fully saturated rings. The Morgan fingerprint density at radius 2 is 1.62 bits per heavy atom. The van der Waals surface area contributed by atoms with E-state index in [1.54, 1.807) is 26.0 Å². The maximum absolute atomic E-state index is 12.1. The summed E-state index contributed by atoms with van der Waals surface area (Å²) in [5.74, 6) is 0. The van der Waals surface area contributed by atoms with Crippen molar-refractivity contribution in [2.45, 2.75) is 38.4 Å². The van der Waals surface area contributed by atoms with E-state index in [0.29, 0.717) is 4.57 Å². The van der Waals surface area contributed by atoms with E-state index in [1.807, 2.05) is 0 Å². The average Bonchev–Trinajstić information content (AvgIpc) is 2.55. The van der Waals surface area contributed by atoms with Gasteiger partial charge >= 0.3 is 11.1 Å². The maximum atomic E-state index is 12.1. The molecule has 2 aromatic rings. The highest BCUT2D eigenvalue weighted by Gasteiger charge is 2.32. The van der Waals surface area contributed by atoms with Crippen LogP contribution in [0.1, 0.15) is 17.4 Å². The topological polar surface area (TPSA) is 156 Å². The number of aliphatic hydroxyl groups excluding tert-OH is 5. The lowest BCUT2D eigenvalue weighted by atomic mass is 10.1. The number of fused-ring (bicyclic) bond motifs is 1. The van der Waals surface area contributed by atoms with Crippen LogP contribution in [0.5, 0.6) is 0 Å². The number of nitrogens with one attached hydrogen (secondary N) is 1. The number of aromatic nitrogens is 2. The second-order valence-electron chi connectivity index (χ2n) is 5.73. The highest BCUT2D eigenvalue weighted by atomic mass is 16.4. The average molecular weight is 340 g/mol. The summed E-state index contributed by atoms with van der Waals surface area (Å²) in [5, 5.41) is 48.2. The zero-order valence-electron chi connectivity index (χ0n) is 13.2. The van der Waals surface area contributed by atoms with E-state index in [9.17, 15) is 30.0 Å². The van der Waals surface area contributed by atoms with Crippen molar-refractivity contribution in [2.75, 3.05) is 6.61 Å². The molecule has 0 bridgehead atoms. The standard InChI is InChI=1S/C15H20N2O7/c1-6-3-8-9(4-7(6)2)17(15(24)13(22)16-8)14(23)12(21)11(20)10(19)5-18/h3-4,10-12,14,18-21,23H,5H2,1-2H3,(H,16,22)/t10-,11-,12-,14+/m1/s1. The molecule has 0 saturated carbocycles. The number of H-pyrrole nitrogens is 1. The summed E-state index contributed by atoms with van der Waals surface area (Å²) in [6, 6.07) is 3.16. The van der Waals surface area contributed by atoms with Crippen LogP contribution in [-0.4, -0.2) is 60.0 Å². The molecule has 6 N–H and O–H groups in total. The number of nitrogens with zero attached hydrogens (tertiary/aromatic N) is 1. The minimum atomic E-state index is -2.00. The Morgan fingerprint density at radius 3 is 2.21 bits per heavy atom. The molecule has 0 amide bonds. The quantitative estimate of drug-likeness (QED) is 0.340. The minimum absolute atomic E-state index is 0.153. The number of rotatable bonds is 5. The van der Waals surface area contributed by atoms with E-state index in [1.165, 1.54) is 0 Å². The SMILES string of the molecule is Cc1cc2[nH]c(=O)c(=O)n([C@@H](O)[C@H](O)[C@H](O)[C@H](O)CO)c2cc1C. The monoisotopic (exact) mass is 340 g/mol. The molecular formula is C15H20N2O7. The number of benzene rings is 1.